The van der Waals surface area contributed by atoms with Gasteiger partial charge in [0.2, 0.25) is 5.88 Å². The second-order valence-electron chi connectivity index (χ2n) is 7.96. The number of ketones is 1. The lowest BCUT2D eigenvalue weighted by Gasteiger charge is -2.48. The van der Waals surface area contributed by atoms with Crippen LogP contribution in [0.4, 0.5) is 0 Å². The molecule has 0 amide bonds. The summed E-state index contributed by atoms with van der Waals surface area (Å²) in [6.45, 7) is 4.31. The van der Waals surface area contributed by atoms with E-state index in [0.717, 1.165) is 54.2 Å². The molecule has 0 N–H and O–H groups in total. The smallest absolute Gasteiger partial charge is 0.219 e. The number of carbonyl (C=O) groups is 1. The predicted octanol–water partition coefficient (Wildman–Crippen LogP) is 3.32. The minimum absolute atomic E-state index is 0.0152. The number of carbonyl (C=O) groups excluding carboxylic acids is 1. The second kappa shape index (κ2) is 5.82. The summed E-state index contributed by atoms with van der Waals surface area (Å²) in [4.78, 5) is 22.4. The summed E-state index contributed by atoms with van der Waals surface area (Å²) in [6, 6.07) is 0. The Morgan fingerprint density at radius 3 is 2.60 bits per heavy atom. The maximum Gasteiger partial charge on any atom is 0.219 e. The molecule has 3 atom stereocenters. The molecule has 25 heavy (non-hydrogen) atoms. The van der Waals surface area contributed by atoms with E-state index in [2.05, 4.69) is 18.8 Å². The van der Waals surface area contributed by atoms with Crippen LogP contribution in [-0.4, -0.2) is 30.0 Å². The summed E-state index contributed by atoms with van der Waals surface area (Å²) in [5, 5.41) is 0. The van der Waals surface area contributed by atoms with Crippen LogP contribution in [0.15, 0.2) is 11.8 Å². The van der Waals surface area contributed by atoms with Gasteiger partial charge in [0.25, 0.3) is 0 Å². The number of rotatable bonds is 3. The third-order valence-corrected chi connectivity index (χ3v) is 6.34. The third-order valence-electron chi connectivity index (χ3n) is 6.34. The Labute approximate surface area is 148 Å². The zero-order valence-electron chi connectivity index (χ0n) is 15.5. The van der Waals surface area contributed by atoms with Crippen molar-refractivity contribution in [3.8, 4) is 5.88 Å². The first-order valence-corrected chi connectivity index (χ1v) is 9.21. The molecule has 0 bridgehead atoms. The fourth-order valence-corrected chi connectivity index (χ4v) is 4.88. The molecule has 0 spiro atoms. The Balaban J connectivity index is 1.86. The lowest BCUT2D eigenvalue weighted by Crippen LogP contribution is -2.48. The van der Waals surface area contributed by atoms with Crippen molar-refractivity contribution in [2.24, 2.45) is 11.8 Å². The van der Waals surface area contributed by atoms with Crippen LogP contribution in [0.1, 0.15) is 62.5 Å². The van der Waals surface area contributed by atoms with Crippen molar-refractivity contribution in [2.75, 3.05) is 14.2 Å². The van der Waals surface area contributed by atoms with Gasteiger partial charge in [-0.2, -0.15) is 4.98 Å². The van der Waals surface area contributed by atoms with Crippen molar-refractivity contribution in [1.29, 1.82) is 0 Å². The number of aromatic nitrogens is 2. The third kappa shape index (κ3) is 2.47. The molecular weight excluding hydrogens is 316 g/mol. The SMILES string of the molecule is CO/C=C1/C[C@]2(C)c3nc(C4CC4)nc(OC)c3CC[C@H]2[C@H](C)C1=O. The van der Waals surface area contributed by atoms with Gasteiger partial charge in [-0.15, -0.1) is 0 Å². The average Bonchev–Trinajstić information content (AvgIpc) is 3.44. The van der Waals surface area contributed by atoms with Crippen molar-refractivity contribution in [2.45, 2.75) is 57.3 Å². The molecule has 3 aliphatic rings. The van der Waals surface area contributed by atoms with Crippen LogP contribution in [0, 0.1) is 11.8 Å². The Morgan fingerprint density at radius 2 is 1.96 bits per heavy atom. The number of ether oxygens (including phenoxy) is 2. The van der Waals surface area contributed by atoms with Gasteiger partial charge in [-0.1, -0.05) is 13.8 Å². The monoisotopic (exact) mass is 342 g/mol. The first-order valence-electron chi connectivity index (χ1n) is 9.21. The molecular formula is C20H26N2O3. The van der Waals surface area contributed by atoms with Crippen LogP contribution in [-0.2, 0) is 21.4 Å². The van der Waals surface area contributed by atoms with E-state index in [1.165, 1.54) is 0 Å². The number of nitrogens with zero attached hydrogens (tertiary/aromatic N) is 2. The number of fused-ring (bicyclic) bond motifs is 3. The molecule has 0 saturated heterocycles. The molecule has 134 valence electrons. The highest BCUT2D eigenvalue weighted by molar-refractivity contribution is 5.98. The van der Waals surface area contributed by atoms with Gasteiger partial charge in [0, 0.05) is 28.4 Å². The summed E-state index contributed by atoms with van der Waals surface area (Å²) in [5.41, 5.74) is 2.82. The Bertz CT molecular complexity index is 754. The summed E-state index contributed by atoms with van der Waals surface area (Å²) in [6.07, 6.45) is 6.46. The van der Waals surface area contributed by atoms with Crippen molar-refractivity contribution in [3.63, 3.8) is 0 Å². The standard InChI is InChI=1S/C20H26N2O3/c1-11-15-8-7-14-17(20(15,2)9-13(10-24-3)16(11)23)21-18(12-5-6-12)22-19(14)25-4/h10-12,15H,5-9H2,1-4H3/b13-10-/t11-,15-,20-/m0/s1. The summed E-state index contributed by atoms with van der Waals surface area (Å²) in [5.74, 6) is 2.62. The van der Waals surface area contributed by atoms with E-state index in [-0.39, 0.29) is 17.1 Å². The van der Waals surface area contributed by atoms with E-state index in [4.69, 9.17) is 14.5 Å². The molecule has 5 nitrogen and oxygen atoms in total. The van der Waals surface area contributed by atoms with Gasteiger partial charge >= 0.3 is 0 Å². The Morgan fingerprint density at radius 1 is 1.20 bits per heavy atom. The van der Waals surface area contributed by atoms with Crippen LogP contribution in [0.3, 0.4) is 0 Å². The minimum atomic E-state index is -0.175. The van der Waals surface area contributed by atoms with Gasteiger partial charge in [0.15, 0.2) is 5.78 Å². The number of allylic oxidation sites excluding steroid dienone is 1. The number of hydrogen-bond donors (Lipinski definition) is 0. The molecule has 0 aliphatic heterocycles. The topological polar surface area (TPSA) is 61.3 Å². The van der Waals surface area contributed by atoms with Crippen LogP contribution in [0.25, 0.3) is 0 Å². The van der Waals surface area contributed by atoms with Crippen LogP contribution >= 0.6 is 0 Å². The van der Waals surface area contributed by atoms with Crippen molar-refractivity contribution >= 4 is 5.78 Å². The average molecular weight is 342 g/mol. The molecule has 0 aromatic carbocycles. The van der Waals surface area contributed by atoms with E-state index in [1.807, 2.05) is 0 Å². The van der Waals surface area contributed by atoms with Gasteiger partial charge < -0.3 is 9.47 Å². The Hall–Kier alpha value is -1.91. The molecule has 1 heterocycles. The van der Waals surface area contributed by atoms with Crippen molar-refractivity contribution in [1.82, 2.24) is 9.97 Å². The molecule has 4 rings (SSSR count). The highest BCUT2D eigenvalue weighted by Crippen LogP contribution is 2.53. The summed E-state index contributed by atoms with van der Waals surface area (Å²) >= 11 is 0. The molecule has 1 aromatic heterocycles. The zero-order chi connectivity index (χ0) is 17.8. The Kier molecular flexibility index (Phi) is 3.85. The maximum atomic E-state index is 12.7. The molecule has 3 aliphatic carbocycles. The van der Waals surface area contributed by atoms with Gasteiger partial charge in [-0.25, -0.2) is 4.98 Å². The first-order chi connectivity index (χ1) is 12.0. The zero-order valence-corrected chi connectivity index (χ0v) is 15.5. The maximum absolute atomic E-state index is 12.7. The van der Waals surface area contributed by atoms with E-state index in [9.17, 15) is 4.79 Å². The summed E-state index contributed by atoms with van der Waals surface area (Å²) in [7, 11) is 3.29. The molecule has 0 unspecified atom stereocenters. The summed E-state index contributed by atoms with van der Waals surface area (Å²) < 4.78 is 10.8. The number of Topliss-reactive ketones (excluding diaryl/α,β-unsaturated/α-hetero) is 1. The first kappa shape index (κ1) is 16.6. The van der Waals surface area contributed by atoms with Crippen LogP contribution in [0.5, 0.6) is 5.88 Å². The van der Waals surface area contributed by atoms with Gasteiger partial charge in [-0.3, -0.25) is 4.79 Å². The second-order valence-corrected chi connectivity index (χ2v) is 7.96. The molecule has 0 radical (unpaired) electrons. The van der Waals surface area contributed by atoms with Crippen molar-refractivity contribution in [3.05, 3.63) is 28.9 Å². The molecule has 2 saturated carbocycles. The fraction of sp³-hybridized carbons (Fsp3) is 0.650. The van der Waals surface area contributed by atoms with Gasteiger partial charge in [-0.05, 0) is 38.0 Å². The predicted molar refractivity (Wildman–Crippen MR) is 93.6 cm³/mol. The lowest BCUT2D eigenvalue weighted by atomic mass is 9.55. The van der Waals surface area contributed by atoms with Crippen molar-refractivity contribution < 1.29 is 14.3 Å². The van der Waals surface area contributed by atoms with E-state index < -0.39 is 0 Å². The van der Waals surface area contributed by atoms with Gasteiger partial charge in [0.05, 0.1) is 26.2 Å². The number of hydrogen-bond acceptors (Lipinski definition) is 5. The quantitative estimate of drug-likeness (QED) is 0.623. The molecule has 5 heteroatoms. The van der Waals surface area contributed by atoms with Crippen LogP contribution < -0.4 is 4.74 Å². The normalized spacial score (nSPS) is 33.0. The van der Waals surface area contributed by atoms with E-state index >= 15 is 0 Å². The molecule has 1 aromatic rings. The largest absolute Gasteiger partial charge is 0.504 e. The lowest BCUT2D eigenvalue weighted by molar-refractivity contribution is -0.124. The van der Waals surface area contributed by atoms with Crippen LogP contribution in [0.2, 0.25) is 0 Å². The van der Waals surface area contributed by atoms with E-state index in [0.29, 0.717) is 18.3 Å². The minimum Gasteiger partial charge on any atom is -0.504 e. The highest BCUT2D eigenvalue weighted by atomic mass is 16.5. The fourth-order valence-electron chi connectivity index (χ4n) is 4.88. The number of methoxy groups -OCH3 is 2. The van der Waals surface area contributed by atoms with E-state index in [1.54, 1.807) is 20.5 Å². The van der Waals surface area contributed by atoms with Gasteiger partial charge in [0.1, 0.15) is 5.82 Å². The highest BCUT2D eigenvalue weighted by Gasteiger charge is 2.52. The molecule has 2 fully saturated rings.